The number of nitrogens with zero attached hydrogens (tertiary/aromatic N) is 3. The summed E-state index contributed by atoms with van der Waals surface area (Å²) in [6, 6.07) is 55.7. The van der Waals surface area contributed by atoms with E-state index in [2.05, 4.69) is 147 Å². The molecule has 3 aromatic heterocycles. The predicted molar refractivity (Wildman–Crippen MR) is 191 cm³/mol. The van der Waals surface area contributed by atoms with Crippen LogP contribution in [0.2, 0.25) is 0 Å². The Kier molecular flexibility index (Phi) is 5.11. The maximum atomic E-state index is 9.92. The van der Waals surface area contributed by atoms with Crippen LogP contribution in [-0.2, 0) is 0 Å². The fraction of sp³-hybridized carbons (Fsp3) is 0. The molecule has 216 valence electrons. The molecule has 0 bridgehead atoms. The van der Waals surface area contributed by atoms with E-state index in [0.29, 0.717) is 0 Å². The molecule has 4 nitrogen and oxygen atoms in total. The van der Waals surface area contributed by atoms with E-state index in [4.69, 9.17) is 0 Å². The van der Waals surface area contributed by atoms with Crippen LogP contribution in [0.1, 0.15) is 0 Å². The third kappa shape index (κ3) is 3.44. The zero-order chi connectivity index (χ0) is 30.4. The average Bonchev–Trinajstić information content (AvgIpc) is 3.74. The minimum atomic E-state index is 0.265. The molecule has 0 spiro atoms. The highest BCUT2D eigenvalue weighted by molar-refractivity contribution is 6.13. The van der Waals surface area contributed by atoms with Gasteiger partial charge in [-0.15, -0.1) is 0 Å². The van der Waals surface area contributed by atoms with Crippen molar-refractivity contribution in [2.75, 3.05) is 0 Å². The average molecular weight is 590 g/mol. The van der Waals surface area contributed by atoms with Gasteiger partial charge in [-0.1, -0.05) is 84.9 Å². The van der Waals surface area contributed by atoms with E-state index < -0.39 is 0 Å². The molecule has 0 aliphatic heterocycles. The summed E-state index contributed by atoms with van der Waals surface area (Å²) in [6.45, 7) is 0. The first-order chi connectivity index (χ1) is 22.7. The summed E-state index contributed by atoms with van der Waals surface area (Å²) >= 11 is 0. The van der Waals surface area contributed by atoms with Gasteiger partial charge in [0.2, 0.25) is 0 Å². The Bertz CT molecular complexity index is 2760. The molecule has 0 saturated carbocycles. The van der Waals surface area contributed by atoms with Crippen molar-refractivity contribution in [2.45, 2.75) is 0 Å². The number of rotatable bonds is 3. The molecule has 0 fully saturated rings. The third-order valence-corrected chi connectivity index (χ3v) is 9.52. The molecule has 0 saturated heterocycles. The lowest BCUT2D eigenvalue weighted by molar-refractivity contribution is 0.475. The van der Waals surface area contributed by atoms with Crippen LogP contribution in [0.15, 0.2) is 158 Å². The summed E-state index contributed by atoms with van der Waals surface area (Å²) in [4.78, 5) is 0. The Morgan fingerprint density at radius 2 is 0.696 bits per heavy atom. The minimum Gasteiger partial charge on any atom is -0.508 e. The second-order valence-electron chi connectivity index (χ2n) is 12.0. The van der Waals surface area contributed by atoms with Gasteiger partial charge in [0.25, 0.3) is 0 Å². The molecule has 10 aromatic rings. The van der Waals surface area contributed by atoms with E-state index in [1.807, 2.05) is 12.1 Å². The summed E-state index contributed by atoms with van der Waals surface area (Å²) in [5.74, 6) is 0.265. The lowest BCUT2D eigenvalue weighted by atomic mass is 10.0. The van der Waals surface area contributed by atoms with Crippen LogP contribution >= 0.6 is 0 Å². The third-order valence-electron chi connectivity index (χ3n) is 9.52. The number of benzene rings is 7. The van der Waals surface area contributed by atoms with Gasteiger partial charge in [0, 0.05) is 38.0 Å². The Morgan fingerprint density at radius 3 is 1.24 bits per heavy atom. The number of aromatic hydroxyl groups is 1. The zero-order valence-corrected chi connectivity index (χ0v) is 24.8. The van der Waals surface area contributed by atoms with Gasteiger partial charge in [0.15, 0.2) is 0 Å². The molecule has 1 N–H and O–H groups in total. The fourth-order valence-electron chi connectivity index (χ4n) is 7.50. The van der Waals surface area contributed by atoms with Gasteiger partial charge in [0.1, 0.15) is 5.75 Å². The van der Waals surface area contributed by atoms with E-state index in [1.54, 1.807) is 12.1 Å². The van der Waals surface area contributed by atoms with Gasteiger partial charge in [-0.25, -0.2) is 9.35 Å². The van der Waals surface area contributed by atoms with E-state index >= 15 is 0 Å². The molecule has 0 aliphatic rings. The first kappa shape index (κ1) is 25.1. The predicted octanol–water partition coefficient (Wildman–Crippen LogP) is 10.7. The molecule has 46 heavy (non-hydrogen) atoms. The maximum absolute atomic E-state index is 9.92. The molecule has 0 aliphatic carbocycles. The maximum Gasteiger partial charge on any atom is 0.115 e. The van der Waals surface area contributed by atoms with E-state index in [0.717, 1.165) is 16.7 Å². The van der Waals surface area contributed by atoms with Crippen molar-refractivity contribution in [1.82, 2.24) is 13.9 Å². The monoisotopic (exact) mass is 589 g/mol. The van der Waals surface area contributed by atoms with Gasteiger partial charge < -0.3 is 9.67 Å². The van der Waals surface area contributed by atoms with Crippen molar-refractivity contribution in [1.29, 1.82) is 0 Å². The van der Waals surface area contributed by atoms with Crippen LogP contribution in [0.25, 0.3) is 82.2 Å². The normalized spacial score (nSPS) is 12.0. The number of aromatic nitrogens is 3. The van der Waals surface area contributed by atoms with Gasteiger partial charge in [-0.2, -0.15) is 0 Å². The van der Waals surface area contributed by atoms with Crippen molar-refractivity contribution in [3.8, 4) is 22.6 Å². The standard InChI is InChI=1S/C42H27N3O/c46-30-21-19-29(20-22-30)43-37-13-5-1-11-33(37)35-25-27(17-23-38(35)43)28-18-24-42-36(26-28)34-12-4-8-16-41(34)45(42)44-39-14-6-2-9-31(39)32-10-3-7-15-40(32)44/h1-26,46H. The topological polar surface area (TPSA) is 35.0 Å². The van der Waals surface area contributed by atoms with Gasteiger partial charge in [-0.3, -0.25) is 0 Å². The Labute approximate surface area is 264 Å². The molecule has 7 aromatic carbocycles. The summed E-state index contributed by atoms with van der Waals surface area (Å²) in [5, 5.41) is 17.3. The van der Waals surface area contributed by atoms with Crippen molar-refractivity contribution in [3.05, 3.63) is 158 Å². The van der Waals surface area contributed by atoms with E-state index in [-0.39, 0.29) is 5.75 Å². The first-order valence-electron chi connectivity index (χ1n) is 15.6. The number of phenols is 1. The molecular weight excluding hydrogens is 562 g/mol. The Balaban J connectivity index is 1.21. The SMILES string of the molecule is Oc1ccc(-n2c3ccccc3c3cc(-c4ccc5c(c4)c4ccccc4n5-n4c5ccccc5c5ccccc54)ccc32)cc1. The molecule has 4 heteroatoms. The minimum absolute atomic E-state index is 0.265. The summed E-state index contributed by atoms with van der Waals surface area (Å²) in [6.07, 6.45) is 0. The Hall–Kier alpha value is -6.26. The van der Waals surface area contributed by atoms with Gasteiger partial charge >= 0.3 is 0 Å². The quantitative estimate of drug-likeness (QED) is 0.219. The van der Waals surface area contributed by atoms with Crippen LogP contribution in [0.3, 0.4) is 0 Å². The van der Waals surface area contributed by atoms with Crippen LogP contribution in [-0.4, -0.2) is 19.0 Å². The van der Waals surface area contributed by atoms with Gasteiger partial charge in [-0.05, 0) is 83.9 Å². The molecule has 0 atom stereocenters. The molecule has 0 radical (unpaired) electrons. The van der Waals surface area contributed by atoms with Crippen molar-refractivity contribution in [3.63, 3.8) is 0 Å². The highest BCUT2D eigenvalue weighted by atomic mass is 16.3. The molecule has 3 heterocycles. The smallest absolute Gasteiger partial charge is 0.115 e. The van der Waals surface area contributed by atoms with E-state index in [9.17, 15) is 5.11 Å². The lowest BCUT2D eigenvalue weighted by Gasteiger charge is -2.13. The largest absolute Gasteiger partial charge is 0.508 e. The molecule has 0 amide bonds. The lowest BCUT2D eigenvalue weighted by Crippen LogP contribution is -2.08. The number of fused-ring (bicyclic) bond motifs is 9. The van der Waals surface area contributed by atoms with Crippen LogP contribution < -0.4 is 0 Å². The van der Waals surface area contributed by atoms with Gasteiger partial charge in [0.05, 0.1) is 33.1 Å². The molecule has 10 rings (SSSR count). The van der Waals surface area contributed by atoms with Crippen LogP contribution in [0.4, 0.5) is 0 Å². The number of hydrogen-bond acceptors (Lipinski definition) is 1. The number of phenolic OH excluding ortho intramolecular Hbond substituents is 1. The highest BCUT2D eigenvalue weighted by Crippen LogP contribution is 2.39. The number of hydrogen-bond donors (Lipinski definition) is 1. The van der Waals surface area contributed by atoms with Crippen molar-refractivity contribution >= 4 is 65.4 Å². The molecule has 0 unspecified atom stereocenters. The van der Waals surface area contributed by atoms with Crippen LogP contribution in [0.5, 0.6) is 5.75 Å². The Morgan fingerprint density at radius 1 is 0.326 bits per heavy atom. The fourth-order valence-corrected chi connectivity index (χ4v) is 7.50. The summed E-state index contributed by atoms with van der Waals surface area (Å²) in [5.41, 5.74) is 10.4. The summed E-state index contributed by atoms with van der Waals surface area (Å²) < 4.78 is 7.03. The summed E-state index contributed by atoms with van der Waals surface area (Å²) in [7, 11) is 0. The number of para-hydroxylation sites is 4. The first-order valence-corrected chi connectivity index (χ1v) is 15.6. The zero-order valence-electron chi connectivity index (χ0n) is 24.8. The second-order valence-corrected chi connectivity index (χ2v) is 12.0. The van der Waals surface area contributed by atoms with Crippen molar-refractivity contribution < 1.29 is 5.11 Å². The molecular formula is C42H27N3O. The van der Waals surface area contributed by atoms with E-state index in [1.165, 1.54) is 65.5 Å². The van der Waals surface area contributed by atoms with Crippen LogP contribution in [0, 0.1) is 0 Å². The second kappa shape index (κ2) is 9.37. The van der Waals surface area contributed by atoms with Crippen molar-refractivity contribution in [2.24, 2.45) is 0 Å². The highest BCUT2D eigenvalue weighted by Gasteiger charge is 2.18.